The van der Waals surface area contributed by atoms with Gasteiger partial charge in [-0.3, -0.25) is 9.59 Å². The molecule has 2 N–H and O–H groups in total. The second-order valence-corrected chi connectivity index (χ2v) is 8.86. The fourth-order valence-corrected chi connectivity index (χ4v) is 4.64. The Morgan fingerprint density at radius 3 is 2.00 bits per heavy atom. The minimum atomic E-state index is -3.49. The number of rotatable bonds is 6. The van der Waals surface area contributed by atoms with E-state index in [0.29, 0.717) is 36.4 Å². The lowest BCUT2D eigenvalue weighted by Crippen LogP contribution is -2.35. The van der Waals surface area contributed by atoms with Gasteiger partial charge in [0, 0.05) is 36.4 Å². The van der Waals surface area contributed by atoms with Crippen LogP contribution in [0.1, 0.15) is 43.0 Å². The molecule has 8 heteroatoms. The number of carbonyl (C=O) groups is 2. The van der Waals surface area contributed by atoms with Crippen LogP contribution in [0, 0.1) is 0 Å². The first-order valence-electron chi connectivity index (χ1n) is 9.71. The van der Waals surface area contributed by atoms with Crippen LogP contribution in [0.4, 0.5) is 11.4 Å². The van der Waals surface area contributed by atoms with Gasteiger partial charge in [-0.15, -0.1) is 0 Å². The molecular weight excluding hydrogens is 390 g/mol. The van der Waals surface area contributed by atoms with Crippen molar-refractivity contribution in [3.63, 3.8) is 0 Å². The van der Waals surface area contributed by atoms with Crippen molar-refractivity contribution in [3.05, 3.63) is 54.1 Å². The highest BCUT2D eigenvalue weighted by Gasteiger charge is 2.25. The average molecular weight is 416 g/mol. The number of carbonyl (C=O) groups excluding carboxylic acids is 2. The summed E-state index contributed by atoms with van der Waals surface area (Å²) in [6.07, 6.45) is 3.21. The Labute approximate surface area is 171 Å². The monoisotopic (exact) mass is 415 g/mol. The summed E-state index contributed by atoms with van der Waals surface area (Å²) >= 11 is 0. The van der Waals surface area contributed by atoms with E-state index in [9.17, 15) is 18.0 Å². The highest BCUT2D eigenvalue weighted by molar-refractivity contribution is 7.89. The molecule has 0 atom stereocenters. The number of nitrogens with zero attached hydrogens (tertiary/aromatic N) is 1. The van der Waals surface area contributed by atoms with E-state index in [0.717, 1.165) is 19.3 Å². The van der Waals surface area contributed by atoms with Crippen molar-refractivity contribution in [2.45, 2.75) is 37.5 Å². The van der Waals surface area contributed by atoms with Crippen molar-refractivity contribution in [2.24, 2.45) is 0 Å². The Morgan fingerprint density at radius 1 is 0.862 bits per heavy atom. The molecule has 0 aromatic heterocycles. The van der Waals surface area contributed by atoms with Gasteiger partial charge >= 0.3 is 0 Å². The zero-order valence-corrected chi connectivity index (χ0v) is 17.2. The number of anilines is 2. The molecule has 1 fully saturated rings. The highest BCUT2D eigenvalue weighted by atomic mass is 32.2. The van der Waals surface area contributed by atoms with Crippen LogP contribution in [-0.2, 0) is 14.8 Å². The van der Waals surface area contributed by atoms with Crippen molar-refractivity contribution in [1.29, 1.82) is 0 Å². The van der Waals surface area contributed by atoms with Crippen molar-refractivity contribution in [3.8, 4) is 0 Å². The second-order valence-electron chi connectivity index (χ2n) is 6.92. The number of hydrogen-bond acceptors (Lipinski definition) is 4. The molecule has 0 saturated carbocycles. The zero-order chi connectivity index (χ0) is 20.9. The van der Waals surface area contributed by atoms with E-state index in [2.05, 4.69) is 10.6 Å². The molecule has 0 spiro atoms. The first-order chi connectivity index (χ1) is 13.9. The molecule has 2 amide bonds. The van der Waals surface area contributed by atoms with Crippen molar-refractivity contribution in [1.82, 2.24) is 4.31 Å². The third kappa shape index (κ3) is 5.21. The van der Waals surface area contributed by atoms with Crippen molar-refractivity contribution < 1.29 is 18.0 Å². The Bertz CT molecular complexity index is 964. The van der Waals surface area contributed by atoms with E-state index < -0.39 is 10.0 Å². The lowest BCUT2D eigenvalue weighted by atomic mass is 10.2. The van der Waals surface area contributed by atoms with Crippen molar-refractivity contribution >= 4 is 33.2 Å². The highest BCUT2D eigenvalue weighted by Crippen LogP contribution is 2.22. The SMILES string of the molecule is CCC(=O)Nc1ccc(C(=O)Nc2ccc(S(=O)(=O)N3CCCCC3)cc2)cc1. The van der Waals surface area contributed by atoms with Crippen LogP contribution in [0.25, 0.3) is 0 Å². The standard InChI is InChI=1S/C21H25N3O4S/c1-2-20(25)22-17-8-6-16(7-9-17)21(26)23-18-10-12-19(13-11-18)29(27,28)24-14-4-3-5-15-24/h6-13H,2-5,14-15H2,1H3,(H,22,25)(H,23,26). The fourth-order valence-electron chi connectivity index (χ4n) is 3.12. The summed E-state index contributed by atoms with van der Waals surface area (Å²) < 4.78 is 26.9. The summed E-state index contributed by atoms with van der Waals surface area (Å²) in [5.74, 6) is -0.410. The van der Waals surface area contributed by atoms with Crippen LogP contribution >= 0.6 is 0 Å². The van der Waals surface area contributed by atoms with E-state index in [1.165, 1.54) is 16.4 Å². The summed E-state index contributed by atoms with van der Waals surface area (Å²) in [6.45, 7) is 2.87. The first-order valence-corrected chi connectivity index (χ1v) is 11.2. The predicted octanol–water partition coefficient (Wildman–Crippen LogP) is 3.46. The molecule has 3 rings (SSSR count). The molecule has 154 valence electrons. The van der Waals surface area contributed by atoms with E-state index in [1.807, 2.05) is 0 Å². The molecule has 7 nitrogen and oxygen atoms in total. The maximum Gasteiger partial charge on any atom is 0.255 e. The van der Waals surface area contributed by atoms with Crippen LogP contribution in [0.15, 0.2) is 53.4 Å². The second kappa shape index (κ2) is 9.19. The van der Waals surface area contributed by atoms with E-state index in [1.54, 1.807) is 43.3 Å². The minimum Gasteiger partial charge on any atom is -0.326 e. The Morgan fingerprint density at radius 2 is 1.41 bits per heavy atom. The lowest BCUT2D eigenvalue weighted by molar-refractivity contribution is -0.115. The molecule has 1 aliphatic heterocycles. The van der Waals surface area contributed by atoms with Crippen molar-refractivity contribution in [2.75, 3.05) is 23.7 Å². The van der Waals surface area contributed by atoms with Crippen LogP contribution in [-0.4, -0.2) is 37.6 Å². The largest absolute Gasteiger partial charge is 0.326 e. The van der Waals surface area contributed by atoms with Gasteiger partial charge in [0.05, 0.1) is 4.90 Å². The smallest absolute Gasteiger partial charge is 0.255 e. The molecule has 0 radical (unpaired) electrons. The normalized spacial score (nSPS) is 14.9. The molecule has 29 heavy (non-hydrogen) atoms. The number of sulfonamides is 1. The summed E-state index contributed by atoms with van der Waals surface area (Å²) in [5.41, 5.74) is 1.57. The number of benzene rings is 2. The number of nitrogens with one attached hydrogen (secondary N) is 2. The molecule has 0 aliphatic carbocycles. The number of piperidine rings is 1. The van der Waals surface area contributed by atoms with E-state index in [-0.39, 0.29) is 16.7 Å². The third-order valence-corrected chi connectivity index (χ3v) is 6.73. The maximum absolute atomic E-state index is 12.7. The first kappa shape index (κ1) is 21.0. The molecule has 1 heterocycles. The van der Waals surface area contributed by atoms with Crippen LogP contribution in [0.5, 0.6) is 0 Å². The van der Waals surface area contributed by atoms with Crippen LogP contribution in [0.3, 0.4) is 0 Å². The van der Waals surface area contributed by atoms with Crippen LogP contribution < -0.4 is 10.6 Å². The molecule has 2 aromatic carbocycles. The average Bonchev–Trinajstić information content (AvgIpc) is 2.75. The van der Waals surface area contributed by atoms with Gasteiger partial charge in [0.25, 0.3) is 5.91 Å². The molecule has 1 saturated heterocycles. The van der Waals surface area contributed by atoms with E-state index in [4.69, 9.17) is 0 Å². The molecule has 2 aromatic rings. The molecule has 0 unspecified atom stereocenters. The summed E-state index contributed by atoms with van der Waals surface area (Å²) in [4.78, 5) is 24.0. The Balaban J connectivity index is 1.64. The van der Waals surface area contributed by atoms with Gasteiger partial charge in [-0.25, -0.2) is 8.42 Å². The fraction of sp³-hybridized carbons (Fsp3) is 0.333. The van der Waals surface area contributed by atoms with Crippen LogP contribution in [0.2, 0.25) is 0 Å². The molecular formula is C21H25N3O4S. The van der Waals surface area contributed by atoms with Gasteiger partial charge in [0.2, 0.25) is 15.9 Å². The van der Waals surface area contributed by atoms with Gasteiger partial charge in [-0.2, -0.15) is 4.31 Å². The predicted molar refractivity (Wildman–Crippen MR) is 112 cm³/mol. The maximum atomic E-state index is 12.7. The molecule has 1 aliphatic rings. The minimum absolute atomic E-state index is 0.0956. The van der Waals surface area contributed by atoms with Gasteiger partial charge in [-0.05, 0) is 61.4 Å². The summed E-state index contributed by atoms with van der Waals surface area (Å²) in [5, 5.41) is 5.48. The zero-order valence-electron chi connectivity index (χ0n) is 16.3. The molecule has 0 bridgehead atoms. The summed E-state index contributed by atoms with van der Waals surface area (Å²) in [6, 6.07) is 12.8. The van der Waals surface area contributed by atoms with Gasteiger partial charge in [-0.1, -0.05) is 13.3 Å². The third-order valence-electron chi connectivity index (χ3n) is 4.82. The van der Waals surface area contributed by atoms with E-state index >= 15 is 0 Å². The number of amides is 2. The Kier molecular flexibility index (Phi) is 6.66. The van der Waals surface area contributed by atoms with Gasteiger partial charge in [0.1, 0.15) is 0 Å². The number of hydrogen-bond donors (Lipinski definition) is 2. The summed E-state index contributed by atoms with van der Waals surface area (Å²) in [7, 11) is -3.49. The Hall–Kier alpha value is -2.71. The van der Waals surface area contributed by atoms with Gasteiger partial charge < -0.3 is 10.6 Å². The quantitative estimate of drug-likeness (QED) is 0.755. The van der Waals surface area contributed by atoms with Gasteiger partial charge in [0.15, 0.2) is 0 Å². The topological polar surface area (TPSA) is 95.6 Å². The lowest BCUT2D eigenvalue weighted by Gasteiger charge is -2.25.